The topological polar surface area (TPSA) is 54.9 Å². The Morgan fingerprint density at radius 3 is 2.50 bits per heavy atom. The van der Waals surface area contributed by atoms with Gasteiger partial charge in [-0.15, -0.1) is 5.10 Å². The molecule has 1 heterocycles. The first kappa shape index (κ1) is 12.5. The Labute approximate surface area is 92.1 Å². The fraction of sp³-hybridized carbons (Fsp3) is 0.500. The minimum Gasteiger partial charge on any atom is -0.342 e. The van der Waals surface area contributed by atoms with Gasteiger partial charge in [0.2, 0.25) is 0 Å². The van der Waals surface area contributed by atoms with Gasteiger partial charge < -0.3 is 5.32 Å². The molecule has 0 aliphatic heterocycles. The van der Waals surface area contributed by atoms with Crippen LogP contribution < -0.4 is 5.32 Å². The summed E-state index contributed by atoms with van der Waals surface area (Å²) in [6.45, 7) is 3.70. The number of carbonyl (C=O) groups excluding carboxylic acids is 1. The van der Waals surface area contributed by atoms with E-state index in [-0.39, 0.29) is 5.69 Å². The number of hydrogen-bond donors (Lipinski definition) is 1. The Morgan fingerprint density at radius 2 is 2.06 bits per heavy atom. The molecule has 88 valence electrons. The average Bonchev–Trinajstić information content (AvgIpc) is 2.17. The molecule has 0 saturated heterocycles. The number of aryl methyl sites for hydroxylation is 1. The van der Waals surface area contributed by atoms with Gasteiger partial charge in [0.25, 0.3) is 11.8 Å². The molecule has 1 unspecified atom stereocenters. The summed E-state index contributed by atoms with van der Waals surface area (Å²) in [6, 6.07) is 1.79. The molecular weight excluding hydrogens is 216 g/mol. The summed E-state index contributed by atoms with van der Waals surface area (Å²) < 4.78 is 25.6. The molecule has 16 heavy (non-hydrogen) atoms. The number of alkyl halides is 2. The van der Waals surface area contributed by atoms with E-state index in [4.69, 9.17) is 0 Å². The third-order valence-corrected chi connectivity index (χ3v) is 2.14. The van der Waals surface area contributed by atoms with E-state index in [9.17, 15) is 13.6 Å². The zero-order chi connectivity index (χ0) is 12.3. The number of carbonyl (C=O) groups is 1. The second-order valence-electron chi connectivity index (χ2n) is 3.71. The highest BCUT2D eigenvalue weighted by Gasteiger charge is 2.31. The van der Waals surface area contributed by atoms with Crippen LogP contribution in [0.3, 0.4) is 0 Å². The van der Waals surface area contributed by atoms with Crippen molar-refractivity contribution >= 4 is 5.91 Å². The molecule has 0 aromatic carbocycles. The molecule has 6 heteroatoms. The first-order valence-corrected chi connectivity index (χ1v) is 4.79. The lowest BCUT2D eigenvalue weighted by Gasteiger charge is -2.20. The zero-order valence-corrected chi connectivity index (χ0v) is 9.29. The molecule has 4 nitrogen and oxygen atoms in total. The molecule has 1 N–H and O–H groups in total. The third kappa shape index (κ3) is 3.22. The van der Waals surface area contributed by atoms with Crippen LogP contribution in [0.25, 0.3) is 0 Å². The molecule has 0 fully saturated rings. The predicted molar refractivity (Wildman–Crippen MR) is 54.3 cm³/mol. The van der Waals surface area contributed by atoms with Gasteiger partial charge in [-0.2, -0.15) is 5.10 Å². The maximum absolute atomic E-state index is 12.8. The minimum atomic E-state index is -2.96. The van der Waals surface area contributed by atoms with Crippen molar-refractivity contribution in [2.24, 2.45) is 0 Å². The summed E-state index contributed by atoms with van der Waals surface area (Å²) in [5.74, 6) is -3.62. The third-order valence-electron chi connectivity index (χ3n) is 2.14. The van der Waals surface area contributed by atoms with E-state index >= 15 is 0 Å². The van der Waals surface area contributed by atoms with E-state index < -0.39 is 17.9 Å². The van der Waals surface area contributed by atoms with Crippen molar-refractivity contribution in [2.45, 2.75) is 32.7 Å². The van der Waals surface area contributed by atoms with Crippen LogP contribution in [0.4, 0.5) is 8.78 Å². The maximum atomic E-state index is 12.8. The lowest BCUT2D eigenvalue weighted by atomic mass is 10.2. The summed E-state index contributed by atoms with van der Waals surface area (Å²) in [4.78, 5) is 11.5. The normalized spacial score (nSPS) is 13.3. The number of rotatable bonds is 3. The zero-order valence-electron chi connectivity index (χ0n) is 9.29. The van der Waals surface area contributed by atoms with Crippen LogP contribution >= 0.6 is 0 Å². The van der Waals surface area contributed by atoms with Crippen molar-refractivity contribution in [3.8, 4) is 0 Å². The lowest BCUT2D eigenvalue weighted by Crippen LogP contribution is -2.44. The van der Waals surface area contributed by atoms with Gasteiger partial charge in [-0.1, -0.05) is 0 Å². The first-order valence-electron chi connectivity index (χ1n) is 4.79. The van der Waals surface area contributed by atoms with Gasteiger partial charge in [0.05, 0.1) is 11.7 Å². The van der Waals surface area contributed by atoms with Crippen molar-refractivity contribution in [3.05, 3.63) is 23.5 Å². The Hall–Kier alpha value is -1.59. The molecule has 0 radical (unpaired) electrons. The number of amides is 1. The van der Waals surface area contributed by atoms with Crippen LogP contribution in [0.15, 0.2) is 12.1 Å². The fourth-order valence-corrected chi connectivity index (χ4v) is 0.917. The number of nitrogens with zero attached hydrogens (tertiary/aromatic N) is 2. The summed E-state index contributed by atoms with van der Waals surface area (Å²) in [5, 5.41) is 9.44. The highest BCUT2D eigenvalue weighted by Crippen LogP contribution is 2.16. The molecule has 1 aromatic rings. The Bertz CT molecular complexity index is 373. The predicted octanol–water partition coefficient (Wildman–Crippen LogP) is 1.56. The molecule has 1 aromatic heterocycles. The van der Waals surface area contributed by atoms with Crippen LogP contribution in [0, 0.1) is 6.92 Å². The van der Waals surface area contributed by atoms with Crippen LogP contribution in [0.2, 0.25) is 0 Å². The van der Waals surface area contributed by atoms with E-state index in [1.807, 2.05) is 0 Å². The van der Waals surface area contributed by atoms with Crippen LogP contribution in [0.5, 0.6) is 0 Å². The summed E-state index contributed by atoms with van der Waals surface area (Å²) >= 11 is 0. The number of aromatic nitrogens is 2. The standard InChI is InChI=1S/C10H13F2N3O/c1-6-4-5-8(15-14-6)9(16)13-7(2)10(3,11)12/h4-5,7H,1-3H3,(H,13,16). The second kappa shape index (κ2) is 4.51. The van der Waals surface area contributed by atoms with Crippen LogP contribution in [-0.2, 0) is 0 Å². The average molecular weight is 229 g/mol. The van der Waals surface area contributed by atoms with Crippen LogP contribution in [0.1, 0.15) is 30.0 Å². The van der Waals surface area contributed by atoms with Gasteiger partial charge in [-0.25, -0.2) is 8.78 Å². The summed E-state index contributed by atoms with van der Waals surface area (Å²) in [5.41, 5.74) is 0.687. The molecule has 1 atom stereocenters. The molecule has 1 amide bonds. The quantitative estimate of drug-likeness (QED) is 0.855. The molecule has 0 saturated carbocycles. The smallest absolute Gasteiger partial charge is 0.272 e. The van der Waals surface area contributed by atoms with Crippen molar-refractivity contribution in [1.82, 2.24) is 15.5 Å². The van der Waals surface area contributed by atoms with E-state index in [2.05, 4.69) is 15.5 Å². The summed E-state index contributed by atoms with van der Waals surface area (Å²) in [6.07, 6.45) is 0. The van der Waals surface area contributed by atoms with Gasteiger partial charge in [-0.05, 0) is 26.0 Å². The molecule has 0 aliphatic rings. The number of hydrogen-bond acceptors (Lipinski definition) is 3. The molecule has 0 bridgehead atoms. The maximum Gasteiger partial charge on any atom is 0.272 e. The van der Waals surface area contributed by atoms with E-state index in [0.717, 1.165) is 6.92 Å². The Kier molecular flexibility index (Phi) is 3.51. The van der Waals surface area contributed by atoms with Gasteiger partial charge in [0, 0.05) is 6.92 Å². The highest BCUT2D eigenvalue weighted by molar-refractivity contribution is 5.92. The first-order chi connectivity index (χ1) is 7.30. The number of halogens is 2. The minimum absolute atomic E-state index is 0.0294. The summed E-state index contributed by atoms with van der Waals surface area (Å²) in [7, 11) is 0. The van der Waals surface area contributed by atoms with E-state index in [1.54, 1.807) is 13.0 Å². The van der Waals surface area contributed by atoms with Crippen molar-refractivity contribution in [2.75, 3.05) is 0 Å². The van der Waals surface area contributed by atoms with Gasteiger partial charge in [-0.3, -0.25) is 4.79 Å². The fourth-order valence-electron chi connectivity index (χ4n) is 0.917. The molecular formula is C10H13F2N3O. The van der Waals surface area contributed by atoms with Crippen molar-refractivity contribution in [3.63, 3.8) is 0 Å². The molecule has 1 rings (SSSR count). The largest absolute Gasteiger partial charge is 0.342 e. The van der Waals surface area contributed by atoms with E-state index in [1.165, 1.54) is 13.0 Å². The van der Waals surface area contributed by atoms with Gasteiger partial charge >= 0.3 is 0 Å². The SMILES string of the molecule is Cc1ccc(C(=O)NC(C)C(C)(F)F)nn1. The van der Waals surface area contributed by atoms with Gasteiger partial charge in [0.1, 0.15) is 0 Å². The number of nitrogens with one attached hydrogen (secondary N) is 1. The van der Waals surface area contributed by atoms with Crippen molar-refractivity contribution in [1.29, 1.82) is 0 Å². The Balaban J connectivity index is 2.70. The Morgan fingerprint density at radius 1 is 1.44 bits per heavy atom. The molecule has 0 aliphatic carbocycles. The van der Waals surface area contributed by atoms with Crippen LogP contribution in [-0.4, -0.2) is 28.1 Å². The van der Waals surface area contributed by atoms with Crippen molar-refractivity contribution < 1.29 is 13.6 Å². The second-order valence-corrected chi connectivity index (χ2v) is 3.71. The monoisotopic (exact) mass is 229 g/mol. The molecule has 0 spiro atoms. The lowest BCUT2D eigenvalue weighted by molar-refractivity contribution is -0.0109. The highest BCUT2D eigenvalue weighted by atomic mass is 19.3. The van der Waals surface area contributed by atoms with Gasteiger partial charge in [0.15, 0.2) is 5.69 Å². The van der Waals surface area contributed by atoms with E-state index in [0.29, 0.717) is 5.69 Å².